The molecule has 0 unspecified atom stereocenters. The maximum Gasteiger partial charge on any atom is 0.337 e. The zero-order chi connectivity index (χ0) is 24.4. The van der Waals surface area contributed by atoms with Crippen molar-refractivity contribution in [2.75, 3.05) is 47.5 Å². The van der Waals surface area contributed by atoms with E-state index in [0.29, 0.717) is 47.9 Å². The number of likely N-dealkylation sites (tertiary alicyclic amines) is 1. The number of hydrogen-bond acceptors (Lipinski definition) is 8. The van der Waals surface area contributed by atoms with Gasteiger partial charge >= 0.3 is 5.97 Å². The summed E-state index contributed by atoms with van der Waals surface area (Å²) in [6.07, 6.45) is 0. The minimum atomic E-state index is -0.820. The number of rotatable bonds is 6. The minimum absolute atomic E-state index is 0.0220. The number of likely N-dealkylation sites (N-methyl/N-ethyl adjacent to an activating group) is 1. The van der Waals surface area contributed by atoms with Gasteiger partial charge in [-0.05, 0) is 50.0 Å². The van der Waals surface area contributed by atoms with Gasteiger partial charge < -0.3 is 29.1 Å². The van der Waals surface area contributed by atoms with Crippen molar-refractivity contribution in [3.05, 3.63) is 64.7 Å². The molecule has 1 saturated heterocycles. The smallest absolute Gasteiger partial charge is 0.337 e. The summed E-state index contributed by atoms with van der Waals surface area (Å²) < 4.78 is 15.9. The van der Waals surface area contributed by atoms with Crippen LogP contribution in [-0.4, -0.2) is 80.1 Å². The van der Waals surface area contributed by atoms with Crippen molar-refractivity contribution in [3.8, 4) is 11.5 Å². The summed E-state index contributed by atoms with van der Waals surface area (Å²) in [7, 11) is 5.03. The number of nitrogens with zero attached hydrogens (tertiary/aromatic N) is 2. The Morgan fingerprint density at radius 2 is 1.71 bits per heavy atom. The van der Waals surface area contributed by atoms with Crippen LogP contribution in [0, 0.1) is 0 Å². The summed E-state index contributed by atoms with van der Waals surface area (Å²) in [5, 5.41) is 11.2. The minimum Gasteiger partial charge on any atom is -0.507 e. The van der Waals surface area contributed by atoms with Gasteiger partial charge in [0, 0.05) is 18.7 Å². The third kappa shape index (κ3) is 4.34. The summed E-state index contributed by atoms with van der Waals surface area (Å²) in [6, 6.07) is 10.5. The van der Waals surface area contributed by atoms with Crippen LogP contribution in [0.5, 0.6) is 11.5 Å². The second kappa shape index (κ2) is 9.56. The van der Waals surface area contributed by atoms with E-state index in [2.05, 4.69) is 0 Å². The van der Waals surface area contributed by atoms with Crippen molar-refractivity contribution in [2.45, 2.75) is 6.04 Å². The zero-order valence-electron chi connectivity index (χ0n) is 19.2. The monoisotopic (exact) mass is 466 g/mol. The van der Waals surface area contributed by atoms with Gasteiger partial charge in [-0.2, -0.15) is 0 Å². The molecule has 0 radical (unpaired) electrons. The highest BCUT2D eigenvalue weighted by Crippen LogP contribution is 2.41. The van der Waals surface area contributed by atoms with Crippen LogP contribution in [0.2, 0.25) is 0 Å². The first-order chi connectivity index (χ1) is 16.3. The van der Waals surface area contributed by atoms with Crippen LogP contribution in [0.3, 0.4) is 0 Å². The summed E-state index contributed by atoms with van der Waals surface area (Å²) in [5.41, 5.74) is 1.24. The molecule has 2 aliphatic rings. The highest BCUT2D eigenvalue weighted by Gasteiger charge is 2.46. The number of esters is 1. The van der Waals surface area contributed by atoms with Gasteiger partial charge in [-0.15, -0.1) is 0 Å². The number of methoxy groups -OCH3 is 1. The van der Waals surface area contributed by atoms with Crippen molar-refractivity contribution in [3.63, 3.8) is 0 Å². The lowest BCUT2D eigenvalue weighted by atomic mass is 9.94. The number of ketones is 1. The maximum absolute atomic E-state index is 13.1. The van der Waals surface area contributed by atoms with Gasteiger partial charge in [0.15, 0.2) is 11.5 Å². The molecular weight excluding hydrogens is 440 g/mol. The van der Waals surface area contributed by atoms with Crippen molar-refractivity contribution in [2.24, 2.45) is 0 Å². The van der Waals surface area contributed by atoms with E-state index in [9.17, 15) is 19.5 Å². The largest absolute Gasteiger partial charge is 0.507 e. The predicted octanol–water partition coefficient (Wildman–Crippen LogP) is 2.23. The Kier molecular flexibility index (Phi) is 6.56. The molecule has 0 aromatic heterocycles. The van der Waals surface area contributed by atoms with Crippen LogP contribution >= 0.6 is 0 Å². The normalized spacial score (nSPS) is 18.9. The van der Waals surface area contributed by atoms with Gasteiger partial charge in [-0.1, -0.05) is 12.1 Å². The first-order valence-electron chi connectivity index (χ1n) is 10.8. The molecule has 0 bridgehead atoms. The molecular formula is C25H26N2O7. The molecule has 2 aliphatic heterocycles. The third-order valence-electron chi connectivity index (χ3n) is 5.79. The van der Waals surface area contributed by atoms with Crippen LogP contribution < -0.4 is 9.47 Å². The molecule has 1 amide bonds. The summed E-state index contributed by atoms with van der Waals surface area (Å²) in [6.45, 7) is 1.60. The van der Waals surface area contributed by atoms with Gasteiger partial charge in [0.1, 0.15) is 19.0 Å². The maximum atomic E-state index is 13.1. The van der Waals surface area contributed by atoms with E-state index in [-0.39, 0.29) is 17.9 Å². The van der Waals surface area contributed by atoms with Crippen molar-refractivity contribution in [1.29, 1.82) is 0 Å². The van der Waals surface area contributed by atoms with E-state index >= 15 is 0 Å². The molecule has 0 aliphatic carbocycles. The average molecular weight is 466 g/mol. The fraction of sp³-hybridized carbons (Fsp3) is 0.320. The van der Waals surface area contributed by atoms with Crippen molar-refractivity contribution >= 4 is 23.4 Å². The van der Waals surface area contributed by atoms with Crippen LogP contribution in [0.25, 0.3) is 5.76 Å². The molecule has 9 heteroatoms. The second-order valence-corrected chi connectivity index (χ2v) is 8.27. The quantitative estimate of drug-likeness (QED) is 0.299. The van der Waals surface area contributed by atoms with Gasteiger partial charge in [0.05, 0.1) is 24.3 Å². The molecule has 2 aromatic carbocycles. The Balaban J connectivity index is 1.80. The second-order valence-electron chi connectivity index (χ2n) is 8.27. The van der Waals surface area contributed by atoms with E-state index in [1.54, 1.807) is 42.5 Å². The van der Waals surface area contributed by atoms with Gasteiger partial charge in [-0.25, -0.2) is 4.79 Å². The molecule has 0 spiro atoms. The fourth-order valence-corrected chi connectivity index (χ4v) is 4.03. The van der Waals surface area contributed by atoms with Crippen LogP contribution in [0.15, 0.2) is 48.0 Å². The molecule has 34 heavy (non-hydrogen) atoms. The first kappa shape index (κ1) is 23.3. The number of ether oxygens (including phenoxy) is 3. The topological polar surface area (TPSA) is 106 Å². The number of aliphatic hydroxyl groups excluding tert-OH is 1. The first-order valence-corrected chi connectivity index (χ1v) is 10.8. The van der Waals surface area contributed by atoms with E-state index in [1.165, 1.54) is 12.0 Å². The molecule has 9 nitrogen and oxygen atoms in total. The van der Waals surface area contributed by atoms with E-state index in [0.717, 1.165) is 0 Å². The molecule has 178 valence electrons. The molecule has 2 heterocycles. The number of Topliss-reactive ketones (excluding diaryl/α,β-unsaturated/α-hetero) is 1. The highest BCUT2D eigenvalue weighted by atomic mass is 16.6. The third-order valence-corrected chi connectivity index (χ3v) is 5.79. The molecule has 4 rings (SSSR count). The number of carbonyl (C=O) groups excluding carboxylic acids is 3. The zero-order valence-corrected chi connectivity index (χ0v) is 19.2. The lowest BCUT2D eigenvalue weighted by Gasteiger charge is -2.26. The van der Waals surface area contributed by atoms with E-state index < -0.39 is 23.7 Å². The van der Waals surface area contributed by atoms with Gasteiger partial charge in [-0.3, -0.25) is 9.59 Å². The lowest BCUT2D eigenvalue weighted by molar-refractivity contribution is -0.140. The SMILES string of the molecule is COC(=O)c1ccc([C@@H]2C(=C(O)c3ccc4c(c3)OCCO4)C(=O)C(=O)N2CCN(C)C)cc1. The Bertz CT molecular complexity index is 1150. The molecule has 1 atom stereocenters. The summed E-state index contributed by atoms with van der Waals surface area (Å²) in [4.78, 5) is 41.3. The van der Waals surface area contributed by atoms with E-state index in [4.69, 9.17) is 14.2 Å². The van der Waals surface area contributed by atoms with Crippen LogP contribution in [0.1, 0.15) is 27.5 Å². The van der Waals surface area contributed by atoms with E-state index in [1.807, 2.05) is 19.0 Å². The number of amides is 1. The highest BCUT2D eigenvalue weighted by molar-refractivity contribution is 6.46. The van der Waals surface area contributed by atoms with Gasteiger partial charge in [0.25, 0.3) is 11.7 Å². The number of hydrogen-bond donors (Lipinski definition) is 1. The number of benzene rings is 2. The van der Waals surface area contributed by atoms with Crippen LogP contribution in [0.4, 0.5) is 0 Å². The summed E-state index contributed by atoms with van der Waals surface area (Å²) in [5.74, 6) is -1.26. The lowest BCUT2D eigenvalue weighted by Crippen LogP contribution is -2.35. The average Bonchev–Trinajstić information content (AvgIpc) is 3.11. The molecule has 2 aromatic rings. The van der Waals surface area contributed by atoms with Crippen molar-refractivity contribution in [1.82, 2.24) is 9.80 Å². The number of aliphatic hydroxyl groups is 1. The standard InChI is InChI=1S/C25H26N2O7/c1-26(2)10-11-27-21(15-4-6-16(7-5-15)25(31)32-3)20(23(29)24(27)30)22(28)17-8-9-18-19(14-17)34-13-12-33-18/h4-9,14,21,28H,10-13H2,1-3H3/t21-/m1/s1. The Labute approximate surface area is 197 Å². The predicted molar refractivity (Wildman–Crippen MR) is 123 cm³/mol. The Hall–Kier alpha value is -3.85. The van der Waals surface area contributed by atoms with Gasteiger partial charge in [0.2, 0.25) is 0 Å². The Morgan fingerprint density at radius 3 is 2.35 bits per heavy atom. The fourth-order valence-electron chi connectivity index (χ4n) is 4.03. The van der Waals surface area contributed by atoms with Crippen LogP contribution in [-0.2, 0) is 14.3 Å². The number of carbonyl (C=O) groups is 3. The summed E-state index contributed by atoms with van der Waals surface area (Å²) >= 11 is 0. The molecule has 1 fully saturated rings. The Morgan fingerprint density at radius 1 is 1.06 bits per heavy atom. The molecule has 1 N–H and O–H groups in total. The van der Waals surface area contributed by atoms with Crippen molar-refractivity contribution < 1.29 is 33.7 Å². The number of fused-ring (bicyclic) bond motifs is 1. The molecule has 0 saturated carbocycles.